The summed E-state index contributed by atoms with van der Waals surface area (Å²) in [6, 6.07) is 15.3. The zero-order valence-electron chi connectivity index (χ0n) is 25.1. The van der Waals surface area contributed by atoms with Crippen LogP contribution in [0.5, 0.6) is 0 Å². The molecule has 0 spiro atoms. The Morgan fingerprint density at radius 2 is 1.43 bits per heavy atom. The van der Waals surface area contributed by atoms with Gasteiger partial charge in [-0.05, 0) is 68.2 Å². The minimum absolute atomic E-state index is 0.121. The first-order valence-corrected chi connectivity index (χ1v) is 15.4. The first-order chi connectivity index (χ1) is 19.9. The van der Waals surface area contributed by atoms with Crippen molar-refractivity contribution in [3.05, 3.63) is 59.7 Å². The molecular formula is C34H45F3N2O3. The molecule has 2 amide bonds. The van der Waals surface area contributed by atoms with Gasteiger partial charge in [0.05, 0.1) is 0 Å². The Hall–Kier alpha value is -3.03. The highest BCUT2D eigenvalue weighted by atomic mass is 19.4. The number of unbranched alkanes of at least 4 members (excludes halogenated alkanes) is 1. The van der Waals surface area contributed by atoms with Crippen LogP contribution in [0.2, 0.25) is 0 Å². The second kappa shape index (κ2) is 13.5. The maximum atomic E-state index is 13.7. The number of halogens is 3. The molecule has 0 aromatic heterocycles. The first kappa shape index (κ1) is 31.9. The Labute approximate surface area is 248 Å². The molecule has 1 saturated carbocycles. The molecule has 4 rings (SSSR count). The van der Waals surface area contributed by atoms with Crippen LogP contribution >= 0.6 is 0 Å². The molecule has 1 unspecified atom stereocenters. The molecule has 2 aliphatic rings. The molecule has 1 fully saturated rings. The lowest BCUT2D eigenvalue weighted by Gasteiger charge is -2.31. The monoisotopic (exact) mass is 586 g/mol. The average molecular weight is 587 g/mol. The topological polar surface area (TPSA) is 67.4 Å². The third-order valence-electron chi connectivity index (χ3n) is 8.62. The number of benzene rings is 2. The van der Waals surface area contributed by atoms with Crippen molar-refractivity contribution in [3.63, 3.8) is 0 Å². The van der Waals surface area contributed by atoms with E-state index in [0.717, 1.165) is 86.5 Å². The van der Waals surface area contributed by atoms with Crippen LogP contribution in [0.3, 0.4) is 0 Å². The summed E-state index contributed by atoms with van der Waals surface area (Å²) >= 11 is 0. The van der Waals surface area contributed by atoms with Crippen LogP contribution in [0.15, 0.2) is 48.5 Å². The van der Waals surface area contributed by atoms with E-state index in [9.17, 15) is 22.8 Å². The van der Waals surface area contributed by atoms with E-state index in [0.29, 0.717) is 12.3 Å². The van der Waals surface area contributed by atoms with E-state index >= 15 is 0 Å². The van der Waals surface area contributed by atoms with E-state index in [1.165, 1.54) is 0 Å². The first-order valence-electron chi connectivity index (χ1n) is 15.4. The molecule has 2 N–H and O–H groups in total. The lowest BCUT2D eigenvalue weighted by molar-refractivity contribution is -0.141. The Balaban J connectivity index is 1.39. The number of alkyl carbamates (subject to hydrolysis) is 1. The summed E-state index contributed by atoms with van der Waals surface area (Å²) in [6.07, 6.45) is 5.53. The number of ether oxygens (including phenoxy) is 1. The molecule has 230 valence electrons. The van der Waals surface area contributed by atoms with Crippen molar-refractivity contribution in [2.45, 2.75) is 115 Å². The minimum atomic E-state index is -4.48. The summed E-state index contributed by atoms with van der Waals surface area (Å²) < 4.78 is 44.8. The fraction of sp³-hybridized carbons (Fsp3) is 0.588. The van der Waals surface area contributed by atoms with Crippen LogP contribution in [0.4, 0.5) is 18.0 Å². The number of carbonyl (C=O) groups excluding carboxylic acids is 2. The zero-order chi connectivity index (χ0) is 30.4. The van der Waals surface area contributed by atoms with Crippen LogP contribution in [-0.4, -0.2) is 36.4 Å². The van der Waals surface area contributed by atoms with Crippen molar-refractivity contribution in [1.29, 1.82) is 0 Å². The second-order valence-electron chi connectivity index (χ2n) is 13.0. The predicted octanol–water partition coefficient (Wildman–Crippen LogP) is 8.45. The van der Waals surface area contributed by atoms with Gasteiger partial charge in [0.1, 0.15) is 17.6 Å². The summed E-state index contributed by atoms with van der Waals surface area (Å²) in [5.74, 6) is -0.0216. The average Bonchev–Trinajstić information content (AvgIpc) is 3.25. The maximum Gasteiger partial charge on any atom is 0.407 e. The van der Waals surface area contributed by atoms with Crippen LogP contribution in [0.1, 0.15) is 103 Å². The number of carbonyl (C=O) groups is 2. The minimum Gasteiger partial charge on any atom is -0.444 e. The van der Waals surface area contributed by atoms with Crippen molar-refractivity contribution < 1.29 is 27.5 Å². The van der Waals surface area contributed by atoms with Crippen LogP contribution in [0.25, 0.3) is 11.1 Å². The summed E-state index contributed by atoms with van der Waals surface area (Å²) in [5, 5.41) is 5.28. The molecule has 2 aromatic carbocycles. The van der Waals surface area contributed by atoms with Crippen molar-refractivity contribution in [3.8, 4) is 11.1 Å². The van der Waals surface area contributed by atoms with E-state index in [-0.39, 0.29) is 12.1 Å². The van der Waals surface area contributed by atoms with E-state index in [1.54, 1.807) is 0 Å². The third-order valence-corrected chi connectivity index (χ3v) is 8.62. The molecular weight excluding hydrogens is 541 g/mol. The van der Waals surface area contributed by atoms with Gasteiger partial charge >= 0.3 is 12.3 Å². The molecule has 0 radical (unpaired) electrons. The number of fused-ring (bicyclic) bond motifs is 3. The summed E-state index contributed by atoms with van der Waals surface area (Å²) in [4.78, 5) is 26.0. The Morgan fingerprint density at radius 3 is 2.05 bits per heavy atom. The zero-order valence-corrected chi connectivity index (χ0v) is 25.1. The van der Waals surface area contributed by atoms with Gasteiger partial charge in [-0.25, -0.2) is 4.79 Å². The molecule has 8 heteroatoms. The van der Waals surface area contributed by atoms with Gasteiger partial charge in [0, 0.05) is 6.04 Å². The molecule has 2 aliphatic carbocycles. The number of hydrogen-bond acceptors (Lipinski definition) is 3. The normalized spacial score (nSPS) is 20.3. The fourth-order valence-electron chi connectivity index (χ4n) is 6.78. The number of alkyl halides is 3. The number of rotatable bonds is 8. The van der Waals surface area contributed by atoms with Gasteiger partial charge in [-0.15, -0.1) is 0 Å². The Kier molecular flexibility index (Phi) is 10.3. The van der Waals surface area contributed by atoms with Gasteiger partial charge in [0.15, 0.2) is 0 Å². The number of nitrogens with one attached hydrogen (secondary N) is 2. The van der Waals surface area contributed by atoms with Crippen molar-refractivity contribution in [1.82, 2.24) is 10.6 Å². The van der Waals surface area contributed by atoms with Crippen molar-refractivity contribution in [2.75, 3.05) is 6.54 Å². The van der Waals surface area contributed by atoms with Crippen molar-refractivity contribution in [2.24, 2.45) is 5.92 Å². The van der Waals surface area contributed by atoms with E-state index in [4.69, 9.17) is 4.74 Å². The summed E-state index contributed by atoms with van der Waals surface area (Å²) in [6.45, 7) is 4.24. The highest BCUT2D eigenvalue weighted by Crippen LogP contribution is 2.51. The van der Waals surface area contributed by atoms with E-state index < -0.39 is 29.6 Å². The molecule has 2 aromatic rings. The third kappa shape index (κ3) is 8.07. The number of hydrogen-bond donors (Lipinski definition) is 2. The van der Waals surface area contributed by atoms with Gasteiger partial charge in [-0.2, -0.15) is 13.2 Å². The molecule has 0 heterocycles. The van der Waals surface area contributed by atoms with Gasteiger partial charge < -0.3 is 15.4 Å². The standard InChI is InChI=1S/C34H45F3N2O3/c1-32(2,3)42-31(41)39-25-16-5-4-13-24(15-12-17-25)14-10-11-22-33(30(40)38-23-34(35,36)37)28-20-8-6-18-26(28)27-19-7-9-21-29(27)33/h6-9,18-21,24-25H,4-5,10-17,22-23H2,1-3H3,(H,38,40)(H,39,41)/t24-,25?/m1/s1. The molecule has 5 nitrogen and oxygen atoms in total. The highest BCUT2D eigenvalue weighted by Gasteiger charge is 2.49. The second-order valence-corrected chi connectivity index (χ2v) is 13.0. The van der Waals surface area contributed by atoms with Crippen LogP contribution in [0, 0.1) is 5.92 Å². The Bertz CT molecular complexity index is 1180. The van der Waals surface area contributed by atoms with Gasteiger partial charge in [-0.1, -0.05) is 99.9 Å². The molecule has 0 aliphatic heterocycles. The van der Waals surface area contributed by atoms with Crippen LogP contribution in [-0.2, 0) is 14.9 Å². The van der Waals surface area contributed by atoms with Gasteiger partial charge in [0.25, 0.3) is 0 Å². The lowest BCUT2D eigenvalue weighted by atomic mass is 9.73. The van der Waals surface area contributed by atoms with Crippen LogP contribution < -0.4 is 10.6 Å². The van der Waals surface area contributed by atoms with Gasteiger partial charge in [-0.3, -0.25) is 4.79 Å². The van der Waals surface area contributed by atoms with E-state index in [1.807, 2.05) is 69.3 Å². The lowest BCUT2D eigenvalue weighted by Crippen LogP contribution is -2.47. The molecule has 42 heavy (non-hydrogen) atoms. The van der Waals surface area contributed by atoms with Gasteiger partial charge in [0.2, 0.25) is 5.91 Å². The Morgan fingerprint density at radius 1 is 0.857 bits per heavy atom. The molecule has 0 bridgehead atoms. The highest BCUT2D eigenvalue weighted by molar-refractivity contribution is 6.00. The largest absolute Gasteiger partial charge is 0.444 e. The predicted molar refractivity (Wildman–Crippen MR) is 159 cm³/mol. The summed E-state index contributed by atoms with van der Waals surface area (Å²) in [5.41, 5.74) is 1.75. The van der Waals surface area contributed by atoms with Crippen molar-refractivity contribution >= 4 is 12.0 Å². The smallest absolute Gasteiger partial charge is 0.407 e. The molecule has 0 saturated heterocycles. The van der Waals surface area contributed by atoms with E-state index in [2.05, 4.69) is 10.6 Å². The fourth-order valence-corrected chi connectivity index (χ4v) is 6.78. The maximum absolute atomic E-state index is 13.7. The SMILES string of the molecule is CC(C)(C)OC(=O)NC1CCCC[C@H](CCCCC2(C(=O)NCC(F)(F)F)c3ccccc3-c3ccccc32)CCC1. The number of amides is 2. The molecule has 2 atom stereocenters. The quantitative estimate of drug-likeness (QED) is 0.305. The summed E-state index contributed by atoms with van der Waals surface area (Å²) in [7, 11) is 0.